The van der Waals surface area contributed by atoms with Crippen molar-refractivity contribution < 1.29 is 19.4 Å². The number of carboxylic acids is 1. The van der Waals surface area contributed by atoms with Crippen molar-refractivity contribution in [2.45, 2.75) is 12.8 Å². The average Bonchev–Trinajstić information content (AvgIpc) is 3.11. The van der Waals surface area contributed by atoms with Crippen molar-refractivity contribution in [1.82, 2.24) is 5.32 Å². The van der Waals surface area contributed by atoms with Crippen molar-refractivity contribution in [3.05, 3.63) is 94.6 Å². The number of carbonyl (C=O) groups excluding carboxylic acids is 1. The van der Waals surface area contributed by atoms with Gasteiger partial charge in [-0.1, -0.05) is 60.7 Å². The summed E-state index contributed by atoms with van der Waals surface area (Å²) >= 11 is 0. The second-order valence-corrected chi connectivity index (χ2v) is 7.73. The van der Waals surface area contributed by atoms with E-state index in [0.717, 1.165) is 16.7 Å². The molecule has 0 radical (unpaired) electrons. The molecule has 0 aromatic heterocycles. The molecule has 3 aromatic carbocycles. The second-order valence-electron chi connectivity index (χ2n) is 7.73. The molecule has 4 rings (SSSR count). The third-order valence-corrected chi connectivity index (χ3v) is 5.59. The van der Waals surface area contributed by atoms with Gasteiger partial charge in [0.25, 0.3) is 0 Å². The van der Waals surface area contributed by atoms with Crippen molar-refractivity contribution in [2.24, 2.45) is 0 Å². The SMILES string of the molecule is Cc1cc(C=CCNC(=O)OCC2c3ccccc3-c3ccccc32)c(N)c(C(=O)O)c1. The summed E-state index contributed by atoms with van der Waals surface area (Å²) in [6, 6.07) is 19.7. The summed E-state index contributed by atoms with van der Waals surface area (Å²) in [5.41, 5.74) is 12.3. The predicted molar refractivity (Wildman–Crippen MR) is 125 cm³/mol. The zero-order valence-electron chi connectivity index (χ0n) is 17.7. The Hall–Kier alpha value is -4.06. The van der Waals surface area contributed by atoms with Crippen LogP contribution in [0.3, 0.4) is 0 Å². The molecule has 0 fully saturated rings. The first-order valence-corrected chi connectivity index (χ1v) is 10.3. The zero-order valence-corrected chi connectivity index (χ0v) is 17.7. The van der Waals surface area contributed by atoms with E-state index in [2.05, 4.69) is 29.6 Å². The molecule has 0 spiro atoms. The van der Waals surface area contributed by atoms with Crippen molar-refractivity contribution >= 4 is 23.8 Å². The molecule has 162 valence electrons. The number of benzene rings is 3. The number of nitrogen functional groups attached to an aromatic ring is 1. The van der Waals surface area contributed by atoms with E-state index in [4.69, 9.17) is 10.5 Å². The van der Waals surface area contributed by atoms with Crippen LogP contribution in [0.25, 0.3) is 17.2 Å². The van der Waals surface area contributed by atoms with Gasteiger partial charge in [-0.25, -0.2) is 9.59 Å². The van der Waals surface area contributed by atoms with Gasteiger partial charge in [0.15, 0.2) is 0 Å². The van der Waals surface area contributed by atoms with E-state index in [-0.39, 0.29) is 30.3 Å². The zero-order chi connectivity index (χ0) is 22.7. The Morgan fingerprint density at radius 2 is 1.69 bits per heavy atom. The lowest BCUT2D eigenvalue weighted by Gasteiger charge is -2.14. The van der Waals surface area contributed by atoms with Gasteiger partial charge in [-0.05, 0) is 52.4 Å². The van der Waals surface area contributed by atoms with Crippen LogP contribution < -0.4 is 11.1 Å². The Morgan fingerprint density at radius 3 is 2.31 bits per heavy atom. The highest BCUT2D eigenvalue weighted by atomic mass is 16.5. The smallest absolute Gasteiger partial charge is 0.407 e. The van der Waals surface area contributed by atoms with Gasteiger partial charge in [0.05, 0.1) is 11.3 Å². The number of hydrogen-bond acceptors (Lipinski definition) is 4. The molecule has 6 heteroatoms. The van der Waals surface area contributed by atoms with Crippen molar-refractivity contribution in [3.8, 4) is 11.1 Å². The predicted octanol–water partition coefficient (Wildman–Crippen LogP) is 4.83. The van der Waals surface area contributed by atoms with Crippen LogP contribution in [-0.2, 0) is 4.74 Å². The number of anilines is 1. The molecular formula is C26H24N2O4. The summed E-state index contributed by atoms with van der Waals surface area (Å²) in [7, 11) is 0. The highest BCUT2D eigenvalue weighted by Gasteiger charge is 2.28. The maximum atomic E-state index is 12.2. The number of aromatic carboxylic acids is 1. The molecule has 0 saturated carbocycles. The average molecular weight is 428 g/mol. The third-order valence-electron chi connectivity index (χ3n) is 5.59. The number of carboxylic acid groups (broad SMARTS) is 1. The maximum absolute atomic E-state index is 12.2. The normalized spacial score (nSPS) is 12.4. The molecule has 4 N–H and O–H groups in total. The number of nitrogens with two attached hydrogens (primary N) is 1. The van der Waals surface area contributed by atoms with E-state index in [9.17, 15) is 14.7 Å². The molecule has 0 aliphatic heterocycles. The lowest BCUT2D eigenvalue weighted by Crippen LogP contribution is -2.26. The van der Waals surface area contributed by atoms with Gasteiger partial charge in [-0.3, -0.25) is 0 Å². The maximum Gasteiger partial charge on any atom is 0.407 e. The molecule has 0 atom stereocenters. The minimum absolute atomic E-state index is 0.00484. The fourth-order valence-corrected chi connectivity index (χ4v) is 4.12. The van der Waals surface area contributed by atoms with E-state index < -0.39 is 12.1 Å². The number of alkyl carbamates (subject to hydrolysis) is 1. The summed E-state index contributed by atoms with van der Waals surface area (Å²) in [5, 5.41) is 11.9. The number of fused-ring (bicyclic) bond motifs is 3. The van der Waals surface area contributed by atoms with Gasteiger partial charge in [0.1, 0.15) is 6.61 Å². The van der Waals surface area contributed by atoms with Crippen LogP contribution in [0.4, 0.5) is 10.5 Å². The van der Waals surface area contributed by atoms with Gasteiger partial charge < -0.3 is 20.9 Å². The number of nitrogens with one attached hydrogen (secondary N) is 1. The van der Waals surface area contributed by atoms with Gasteiger partial charge >= 0.3 is 12.1 Å². The van der Waals surface area contributed by atoms with Crippen LogP contribution in [0.15, 0.2) is 66.7 Å². The molecule has 6 nitrogen and oxygen atoms in total. The number of rotatable bonds is 6. The van der Waals surface area contributed by atoms with Gasteiger partial charge in [0.2, 0.25) is 0 Å². The summed E-state index contributed by atoms with van der Waals surface area (Å²) < 4.78 is 5.50. The summed E-state index contributed by atoms with van der Waals surface area (Å²) in [5.74, 6) is -1.07. The lowest BCUT2D eigenvalue weighted by molar-refractivity contribution is 0.0698. The fraction of sp³-hybridized carbons (Fsp3) is 0.154. The molecule has 1 aliphatic rings. The van der Waals surface area contributed by atoms with Crippen LogP contribution in [0.5, 0.6) is 0 Å². The Balaban J connectivity index is 1.36. The molecule has 0 heterocycles. The largest absolute Gasteiger partial charge is 0.478 e. The first kappa shape index (κ1) is 21.2. The molecule has 0 saturated heterocycles. The highest BCUT2D eigenvalue weighted by molar-refractivity contribution is 5.96. The van der Waals surface area contributed by atoms with E-state index in [1.165, 1.54) is 17.2 Å². The Labute approximate surface area is 186 Å². The molecule has 0 unspecified atom stereocenters. The second kappa shape index (κ2) is 8.98. The Bertz CT molecular complexity index is 1170. The summed E-state index contributed by atoms with van der Waals surface area (Å²) in [4.78, 5) is 23.5. The van der Waals surface area contributed by atoms with Crippen LogP contribution in [0, 0.1) is 6.92 Å². The number of hydrogen-bond donors (Lipinski definition) is 3. The molecule has 3 aromatic rings. The molecule has 1 aliphatic carbocycles. The monoisotopic (exact) mass is 428 g/mol. The Kier molecular flexibility index (Phi) is 5.94. The lowest BCUT2D eigenvalue weighted by atomic mass is 9.98. The van der Waals surface area contributed by atoms with Crippen molar-refractivity contribution in [2.75, 3.05) is 18.9 Å². The fourth-order valence-electron chi connectivity index (χ4n) is 4.12. The summed E-state index contributed by atoms with van der Waals surface area (Å²) in [6.45, 7) is 2.28. The van der Waals surface area contributed by atoms with E-state index >= 15 is 0 Å². The topological polar surface area (TPSA) is 102 Å². The quantitative estimate of drug-likeness (QED) is 0.488. The standard InChI is InChI=1S/C26H24N2O4/c1-16-13-17(24(27)22(14-16)25(29)30)7-6-12-28-26(31)32-15-23-20-10-4-2-8-18(20)19-9-3-5-11-21(19)23/h2-11,13-14,23H,12,15,27H2,1H3,(H,28,31)(H,29,30). The first-order chi connectivity index (χ1) is 15.5. The minimum Gasteiger partial charge on any atom is -0.478 e. The van der Waals surface area contributed by atoms with E-state index in [1.807, 2.05) is 24.3 Å². The van der Waals surface area contributed by atoms with Crippen LogP contribution in [0.2, 0.25) is 0 Å². The van der Waals surface area contributed by atoms with Crippen LogP contribution in [-0.4, -0.2) is 30.3 Å². The Morgan fingerprint density at radius 1 is 1.06 bits per heavy atom. The van der Waals surface area contributed by atoms with Gasteiger partial charge in [-0.15, -0.1) is 0 Å². The molecule has 32 heavy (non-hydrogen) atoms. The van der Waals surface area contributed by atoms with Gasteiger partial charge in [-0.2, -0.15) is 0 Å². The third kappa shape index (κ3) is 4.21. The number of ether oxygens (including phenoxy) is 1. The molecule has 1 amide bonds. The highest BCUT2D eigenvalue weighted by Crippen LogP contribution is 2.44. The van der Waals surface area contributed by atoms with Crippen LogP contribution in [0.1, 0.15) is 38.5 Å². The number of carbonyl (C=O) groups is 2. The van der Waals surface area contributed by atoms with Gasteiger partial charge in [0, 0.05) is 12.5 Å². The summed E-state index contributed by atoms with van der Waals surface area (Å²) in [6.07, 6.45) is 2.89. The molecular weight excluding hydrogens is 404 g/mol. The number of amides is 1. The first-order valence-electron chi connectivity index (χ1n) is 10.3. The number of aryl methyl sites for hydroxylation is 1. The van der Waals surface area contributed by atoms with E-state index in [1.54, 1.807) is 25.1 Å². The van der Waals surface area contributed by atoms with Crippen LogP contribution >= 0.6 is 0 Å². The van der Waals surface area contributed by atoms with Crippen molar-refractivity contribution in [3.63, 3.8) is 0 Å². The van der Waals surface area contributed by atoms with E-state index in [0.29, 0.717) is 5.56 Å². The minimum atomic E-state index is -1.07. The molecule has 0 bridgehead atoms. The van der Waals surface area contributed by atoms with Crippen molar-refractivity contribution in [1.29, 1.82) is 0 Å².